The van der Waals surface area contributed by atoms with E-state index in [9.17, 15) is 0 Å². The zero-order valence-corrected chi connectivity index (χ0v) is 19.5. The Morgan fingerprint density at radius 3 is 2.45 bits per heavy atom. The highest BCUT2D eigenvalue weighted by atomic mass is 32.2. The van der Waals surface area contributed by atoms with E-state index in [1.165, 1.54) is 10.5 Å². The Labute approximate surface area is 186 Å². The molecule has 1 aromatic carbocycles. The molecular weight excluding hydrogens is 414 g/mol. The maximum Gasteiger partial charge on any atom is 0.266 e. The van der Waals surface area contributed by atoms with Crippen LogP contribution in [0.1, 0.15) is 63.0 Å². The zero-order chi connectivity index (χ0) is 22.0. The van der Waals surface area contributed by atoms with Crippen molar-refractivity contribution in [3.05, 3.63) is 35.5 Å². The molecule has 0 radical (unpaired) electrons. The Balaban J connectivity index is 1.33. The topological polar surface area (TPSA) is 90.3 Å². The average Bonchev–Trinajstić information content (AvgIpc) is 3.45. The van der Waals surface area contributed by atoms with Gasteiger partial charge in [0.05, 0.1) is 6.10 Å². The molecule has 0 aliphatic carbocycles. The van der Waals surface area contributed by atoms with Gasteiger partial charge in [0, 0.05) is 29.5 Å². The van der Waals surface area contributed by atoms with Crippen molar-refractivity contribution in [2.24, 2.45) is 0 Å². The molecule has 8 nitrogen and oxygen atoms in total. The van der Waals surface area contributed by atoms with E-state index < -0.39 is 0 Å². The number of aryl methyl sites for hydroxylation is 1. The Kier molecular flexibility index (Phi) is 6.62. The summed E-state index contributed by atoms with van der Waals surface area (Å²) in [5.41, 5.74) is 2.15. The molecule has 3 aromatic rings. The monoisotopic (exact) mass is 443 g/mol. The van der Waals surface area contributed by atoms with E-state index in [2.05, 4.69) is 50.5 Å². The van der Waals surface area contributed by atoms with E-state index in [-0.39, 0.29) is 18.1 Å². The van der Waals surface area contributed by atoms with Crippen molar-refractivity contribution in [1.82, 2.24) is 20.3 Å². The maximum atomic E-state index is 6.22. The van der Waals surface area contributed by atoms with Crippen LogP contribution in [0.25, 0.3) is 11.4 Å². The standard InChI is InChI=1S/C22H29N5O3S/c1-13(2)20-24-22(26-29-20)27-10-8-17(9-11-27)28-15(4)21-23-19(25-30-21)16-6-7-18(31-5)14(3)12-16/h6-7,12-13,15,17H,8-11H2,1-5H3. The summed E-state index contributed by atoms with van der Waals surface area (Å²) in [4.78, 5) is 12.5. The molecule has 0 saturated carbocycles. The smallest absolute Gasteiger partial charge is 0.266 e. The molecule has 31 heavy (non-hydrogen) atoms. The van der Waals surface area contributed by atoms with E-state index in [0.717, 1.165) is 31.5 Å². The highest BCUT2D eigenvalue weighted by Crippen LogP contribution is 2.28. The first-order valence-electron chi connectivity index (χ1n) is 10.7. The van der Waals surface area contributed by atoms with Gasteiger partial charge in [-0.05, 0) is 61.9 Å². The van der Waals surface area contributed by atoms with E-state index in [1.54, 1.807) is 11.8 Å². The predicted octanol–water partition coefficient (Wildman–Crippen LogP) is 5.02. The Morgan fingerprint density at radius 1 is 1.06 bits per heavy atom. The van der Waals surface area contributed by atoms with Gasteiger partial charge in [-0.15, -0.1) is 11.8 Å². The largest absolute Gasteiger partial charge is 0.365 e. The Morgan fingerprint density at radius 2 is 1.81 bits per heavy atom. The van der Waals surface area contributed by atoms with Gasteiger partial charge >= 0.3 is 0 Å². The molecule has 1 fully saturated rings. The summed E-state index contributed by atoms with van der Waals surface area (Å²) in [7, 11) is 0. The lowest BCUT2D eigenvalue weighted by atomic mass is 10.1. The highest BCUT2D eigenvalue weighted by molar-refractivity contribution is 7.98. The minimum absolute atomic E-state index is 0.126. The van der Waals surface area contributed by atoms with Gasteiger partial charge in [-0.25, -0.2) is 0 Å². The van der Waals surface area contributed by atoms with Crippen LogP contribution in [0.4, 0.5) is 5.95 Å². The van der Waals surface area contributed by atoms with Crippen molar-refractivity contribution in [1.29, 1.82) is 0 Å². The first-order chi connectivity index (χ1) is 14.9. The summed E-state index contributed by atoms with van der Waals surface area (Å²) < 4.78 is 17.0. The summed E-state index contributed by atoms with van der Waals surface area (Å²) in [5.74, 6) is 2.67. The summed E-state index contributed by atoms with van der Waals surface area (Å²) in [6.07, 6.45) is 3.70. The number of nitrogens with zero attached hydrogens (tertiary/aromatic N) is 5. The predicted molar refractivity (Wildman–Crippen MR) is 119 cm³/mol. The molecule has 0 N–H and O–H groups in total. The Hall–Kier alpha value is -2.39. The summed E-state index contributed by atoms with van der Waals surface area (Å²) in [6.45, 7) is 9.78. The number of aromatic nitrogens is 4. The van der Waals surface area contributed by atoms with Crippen LogP contribution in [0.2, 0.25) is 0 Å². The number of hydrogen-bond donors (Lipinski definition) is 0. The van der Waals surface area contributed by atoms with Crippen molar-refractivity contribution >= 4 is 17.7 Å². The fourth-order valence-electron chi connectivity index (χ4n) is 3.66. The Bertz CT molecular complexity index is 1010. The number of hydrogen-bond acceptors (Lipinski definition) is 9. The van der Waals surface area contributed by atoms with Gasteiger partial charge in [0.15, 0.2) is 0 Å². The quantitative estimate of drug-likeness (QED) is 0.467. The van der Waals surface area contributed by atoms with Crippen LogP contribution in [0.15, 0.2) is 32.1 Å². The number of ether oxygens (including phenoxy) is 1. The van der Waals surface area contributed by atoms with Gasteiger partial charge in [0.1, 0.15) is 6.10 Å². The molecule has 1 aliphatic heterocycles. The number of anilines is 1. The lowest BCUT2D eigenvalue weighted by molar-refractivity contribution is -0.0300. The van der Waals surface area contributed by atoms with E-state index in [1.807, 2.05) is 26.8 Å². The third-order valence-electron chi connectivity index (χ3n) is 5.49. The second-order valence-electron chi connectivity index (χ2n) is 8.19. The molecule has 1 aliphatic rings. The van der Waals surface area contributed by atoms with Crippen LogP contribution >= 0.6 is 11.8 Å². The normalized spacial score (nSPS) is 16.3. The van der Waals surface area contributed by atoms with Crippen molar-refractivity contribution in [2.75, 3.05) is 24.2 Å². The molecule has 1 saturated heterocycles. The molecule has 166 valence electrons. The molecule has 9 heteroatoms. The summed E-state index contributed by atoms with van der Waals surface area (Å²) >= 11 is 1.73. The molecule has 0 amide bonds. The number of piperidine rings is 1. The number of thioether (sulfide) groups is 1. The lowest BCUT2D eigenvalue weighted by Crippen LogP contribution is -2.38. The van der Waals surface area contributed by atoms with Crippen molar-refractivity contribution in [3.63, 3.8) is 0 Å². The second-order valence-corrected chi connectivity index (χ2v) is 9.04. The summed E-state index contributed by atoms with van der Waals surface area (Å²) in [5, 5.41) is 8.26. The van der Waals surface area contributed by atoms with Crippen LogP contribution < -0.4 is 4.90 Å². The van der Waals surface area contributed by atoms with Crippen molar-refractivity contribution in [3.8, 4) is 11.4 Å². The SMILES string of the molecule is CSc1ccc(-c2noc(C(C)OC3CCN(c4noc(C(C)C)n4)CC3)n2)cc1C. The van der Waals surface area contributed by atoms with Crippen LogP contribution in [0, 0.1) is 6.92 Å². The molecule has 3 heterocycles. The fourth-order valence-corrected chi connectivity index (χ4v) is 4.25. The van der Waals surface area contributed by atoms with Crippen LogP contribution in [0.3, 0.4) is 0 Å². The van der Waals surface area contributed by atoms with Gasteiger partial charge in [0.25, 0.3) is 11.8 Å². The molecule has 4 rings (SSSR count). The molecule has 0 bridgehead atoms. The van der Waals surface area contributed by atoms with Crippen LogP contribution in [0.5, 0.6) is 0 Å². The molecule has 1 atom stereocenters. The van der Waals surface area contributed by atoms with Crippen molar-refractivity contribution in [2.45, 2.75) is 63.6 Å². The maximum absolute atomic E-state index is 6.22. The molecule has 2 aromatic heterocycles. The highest BCUT2D eigenvalue weighted by Gasteiger charge is 2.27. The molecule has 0 spiro atoms. The lowest BCUT2D eigenvalue weighted by Gasteiger charge is -2.31. The average molecular weight is 444 g/mol. The van der Waals surface area contributed by atoms with Gasteiger partial charge in [0.2, 0.25) is 11.7 Å². The number of rotatable bonds is 7. The minimum Gasteiger partial charge on any atom is -0.365 e. The third kappa shape index (κ3) is 4.93. The van der Waals surface area contributed by atoms with E-state index >= 15 is 0 Å². The first-order valence-corrected chi connectivity index (χ1v) is 11.9. The van der Waals surface area contributed by atoms with Crippen molar-refractivity contribution < 1.29 is 13.8 Å². The third-order valence-corrected chi connectivity index (χ3v) is 6.39. The fraction of sp³-hybridized carbons (Fsp3) is 0.545. The number of benzene rings is 1. The summed E-state index contributed by atoms with van der Waals surface area (Å²) in [6, 6.07) is 6.20. The van der Waals surface area contributed by atoms with Gasteiger partial charge in [-0.2, -0.15) is 9.97 Å². The van der Waals surface area contributed by atoms with E-state index in [4.69, 9.17) is 13.8 Å². The van der Waals surface area contributed by atoms with Gasteiger partial charge in [-0.1, -0.05) is 19.0 Å². The molecule has 1 unspecified atom stereocenters. The zero-order valence-electron chi connectivity index (χ0n) is 18.7. The van der Waals surface area contributed by atoms with E-state index in [0.29, 0.717) is 23.6 Å². The van der Waals surface area contributed by atoms with Crippen LogP contribution in [-0.2, 0) is 4.74 Å². The van der Waals surface area contributed by atoms with Gasteiger partial charge < -0.3 is 18.7 Å². The molecular formula is C22H29N5O3S. The second kappa shape index (κ2) is 9.40. The van der Waals surface area contributed by atoms with Crippen LogP contribution in [-0.4, -0.2) is 45.7 Å². The van der Waals surface area contributed by atoms with Gasteiger partial charge in [-0.3, -0.25) is 0 Å². The minimum atomic E-state index is -0.262. The first kappa shape index (κ1) is 21.8.